The standard InChI is InChI=1S/C24H23ClN2O5S/c1-31-18-9-7-16(8-10-18)13-32-24(30)21-17(12-25)14-33-23-20(22(29)27(21)23)26-19(28)11-15-5-3-2-4-6-15/h2-10,14,20-21,23H,11-13H2,1H3,(H,26,28)/t20-,21?,23-/m1/s1. The fourth-order valence-electron chi connectivity index (χ4n) is 3.77. The molecule has 2 aromatic rings. The van der Waals surface area contributed by atoms with E-state index in [2.05, 4.69) is 5.32 Å². The molecule has 1 fully saturated rings. The molecule has 172 valence electrons. The van der Waals surface area contributed by atoms with Crippen LogP contribution in [0.1, 0.15) is 11.1 Å². The van der Waals surface area contributed by atoms with Crippen LogP contribution in [-0.4, -0.2) is 53.1 Å². The molecule has 7 nitrogen and oxygen atoms in total. The number of nitrogens with one attached hydrogen (secondary N) is 1. The highest BCUT2D eigenvalue weighted by molar-refractivity contribution is 8.03. The Morgan fingerprint density at radius 1 is 1.09 bits per heavy atom. The fraction of sp³-hybridized carbons (Fsp3) is 0.292. The van der Waals surface area contributed by atoms with E-state index >= 15 is 0 Å². The number of halogens is 1. The second-order valence-electron chi connectivity index (χ2n) is 7.66. The first-order valence-corrected chi connectivity index (χ1v) is 11.8. The second-order valence-corrected chi connectivity index (χ2v) is 8.92. The van der Waals surface area contributed by atoms with Gasteiger partial charge in [0.15, 0.2) is 6.04 Å². The van der Waals surface area contributed by atoms with E-state index in [1.807, 2.05) is 30.3 Å². The van der Waals surface area contributed by atoms with Crippen LogP contribution in [-0.2, 0) is 32.1 Å². The summed E-state index contributed by atoms with van der Waals surface area (Å²) in [6.45, 7) is 0.0615. The van der Waals surface area contributed by atoms with Gasteiger partial charge in [-0.3, -0.25) is 9.59 Å². The van der Waals surface area contributed by atoms with E-state index in [1.54, 1.807) is 36.8 Å². The summed E-state index contributed by atoms with van der Waals surface area (Å²) in [6.07, 6.45) is 0.179. The van der Waals surface area contributed by atoms with Gasteiger partial charge in [0.2, 0.25) is 11.8 Å². The molecule has 9 heteroatoms. The molecular weight excluding hydrogens is 464 g/mol. The van der Waals surface area contributed by atoms with Gasteiger partial charge >= 0.3 is 5.97 Å². The highest BCUT2D eigenvalue weighted by atomic mass is 35.5. The monoisotopic (exact) mass is 486 g/mol. The minimum atomic E-state index is -0.901. The van der Waals surface area contributed by atoms with Gasteiger partial charge in [-0.2, -0.15) is 0 Å². The number of esters is 1. The summed E-state index contributed by atoms with van der Waals surface area (Å²) in [5.74, 6) is -0.320. The molecule has 1 unspecified atom stereocenters. The Morgan fingerprint density at radius 2 is 1.82 bits per heavy atom. The van der Waals surface area contributed by atoms with E-state index in [-0.39, 0.29) is 36.1 Å². The van der Waals surface area contributed by atoms with Gasteiger partial charge in [0.05, 0.1) is 13.5 Å². The minimum absolute atomic E-state index is 0.0615. The van der Waals surface area contributed by atoms with Gasteiger partial charge in [0, 0.05) is 5.88 Å². The molecule has 3 atom stereocenters. The van der Waals surface area contributed by atoms with Crippen molar-refractivity contribution in [3.05, 3.63) is 76.7 Å². The van der Waals surface area contributed by atoms with Crippen LogP contribution in [0.3, 0.4) is 0 Å². The largest absolute Gasteiger partial charge is 0.497 e. The Hall–Kier alpha value is -2.97. The molecular formula is C24H23ClN2O5S. The van der Waals surface area contributed by atoms with Crippen molar-refractivity contribution in [3.63, 3.8) is 0 Å². The van der Waals surface area contributed by atoms with Gasteiger partial charge in [-0.05, 0) is 34.2 Å². The minimum Gasteiger partial charge on any atom is -0.497 e. The molecule has 4 rings (SSSR count). The highest BCUT2D eigenvalue weighted by Gasteiger charge is 2.56. The maximum absolute atomic E-state index is 12.9. The van der Waals surface area contributed by atoms with E-state index in [0.717, 1.165) is 11.1 Å². The third-order valence-corrected chi connectivity index (χ3v) is 7.04. The van der Waals surface area contributed by atoms with Crippen molar-refractivity contribution in [2.45, 2.75) is 30.5 Å². The number of carbonyl (C=O) groups excluding carboxylic acids is 3. The molecule has 0 aromatic heterocycles. The molecule has 2 heterocycles. The molecule has 1 saturated heterocycles. The third kappa shape index (κ3) is 5.02. The van der Waals surface area contributed by atoms with Crippen molar-refractivity contribution in [1.82, 2.24) is 10.2 Å². The smallest absolute Gasteiger partial charge is 0.333 e. The van der Waals surface area contributed by atoms with E-state index in [9.17, 15) is 14.4 Å². The predicted octanol–water partition coefficient (Wildman–Crippen LogP) is 2.87. The van der Waals surface area contributed by atoms with Crippen LogP contribution >= 0.6 is 23.4 Å². The lowest BCUT2D eigenvalue weighted by atomic mass is 9.98. The molecule has 1 N–H and O–H groups in total. The lowest BCUT2D eigenvalue weighted by Gasteiger charge is -2.51. The number of alkyl halides is 1. The molecule has 0 spiro atoms. The zero-order chi connectivity index (χ0) is 23.4. The van der Waals surface area contributed by atoms with E-state index in [0.29, 0.717) is 11.3 Å². The second kappa shape index (κ2) is 10.3. The molecule has 0 saturated carbocycles. The molecule has 33 heavy (non-hydrogen) atoms. The van der Waals surface area contributed by atoms with Crippen molar-refractivity contribution in [1.29, 1.82) is 0 Å². The zero-order valence-corrected chi connectivity index (χ0v) is 19.5. The topological polar surface area (TPSA) is 84.9 Å². The Kier molecular flexibility index (Phi) is 7.25. The van der Waals surface area contributed by atoms with Crippen molar-refractivity contribution in [2.24, 2.45) is 0 Å². The number of rotatable bonds is 8. The number of thioether (sulfide) groups is 1. The molecule has 2 amide bonds. The van der Waals surface area contributed by atoms with Crippen LogP contribution in [0.25, 0.3) is 0 Å². The first kappa shape index (κ1) is 23.2. The van der Waals surface area contributed by atoms with Crippen molar-refractivity contribution in [3.8, 4) is 5.75 Å². The number of hydrogen-bond donors (Lipinski definition) is 1. The average Bonchev–Trinajstić information content (AvgIpc) is 2.85. The lowest BCUT2D eigenvalue weighted by Crippen LogP contribution is -2.74. The van der Waals surface area contributed by atoms with E-state index in [4.69, 9.17) is 21.1 Å². The van der Waals surface area contributed by atoms with E-state index < -0.39 is 18.1 Å². The van der Waals surface area contributed by atoms with Gasteiger partial charge in [0.1, 0.15) is 23.8 Å². The van der Waals surface area contributed by atoms with Crippen LogP contribution < -0.4 is 10.1 Å². The quantitative estimate of drug-likeness (QED) is 0.351. The Bertz CT molecular complexity index is 1060. The summed E-state index contributed by atoms with van der Waals surface area (Å²) in [5, 5.41) is 4.20. The Labute approximate surface area is 201 Å². The number of ether oxygens (including phenoxy) is 2. The maximum Gasteiger partial charge on any atom is 0.333 e. The molecule has 0 radical (unpaired) electrons. The average molecular weight is 487 g/mol. The summed E-state index contributed by atoms with van der Waals surface area (Å²) >= 11 is 7.42. The molecule has 2 aromatic carbocycles. The Balaban J connectivity index is 1.40. The number of benzene rings is 2. The SMILES string of the molecule is COc1ccc(COC(=O)C2C(CCl)=CS[C@@H]3[C@H](NC(=O)Cc4ccccc4)C(=O)N23)cc1. The van der Waals surface area contributed by atoms with E-state index in [1.165, 1.54) is 16.7 Å². The summed E-state index contributed by atoms with van der Waals surface area (Å²) in [6, 6.07) is 14.9. The van der Waals surface area contributed by atoms with Crippen LogP contribution in [0.2, 0.25) is 0 Å². The lowest BCUT2D eigenvalue weighted by molar-refractivity contribution is -0.163. The van der Waals surface area contributed by atoms with Gasteiger partial charge in [-0.25, -0.2) is 4.79 Å². The number of hydrogen-bond acceptors (Lipinski definition) is 6. The number of carbonyl (C=O) groups is 3. The first-order valence-electron chi connectivity index (χ1n) is 10.4. The van der Waals surface area contributed by atoms with Crippen LogP contribution in [0.4, 0.5) is 0 Å². The Morgan fingerprint density at radius 3 is 2.48 bits per heavy atom. The predicted molar refractivity (Wildman–Crippen MR) is 126 cm³/mol. The molecule has 0 aliphatic carbocycles. The molecule has 2 aliphatic rings. The van der Waals surface area contributed by atoms with Gasteiger partial charge < -0.3 is 19.7 Å². The maximum atomic E-state index is 12.9. The normalized spacial score (nSPS) is 21.4. The summed E-state index contributed by atoms with van der Waals surface area (Å²) in [7, 11) is 1.58. The van der Waals surface area contributed by atoms with Crippen LogP contribution in [0, 0.1) is 0 Å². The van der Waals surface area contributed by atoms with Gasteiger partial charge in [-0.15, -0.1) is 23.4 Å². The summed E-state index contributed by atoms with van der Waals surface area (Å²) in [4.78, 5) is 39.7. The third-order valence-electron chi connectivity index (χ3n) is 5.51. The summed E-state index contributed by atoms with van der Waals surface area (Å²) in [5.41, 5.74) is 2.25. The number of fused-ring (bicyclic) bond motifs is 1. The van der Waals surface area contributed by atoms with Crippen LogP contribution in [0.15, 0.2) is 65.6 Å². The fourth-order valence-corrected chi connectivity index (χ4v) is 5.31. The highest BCUT2D eigenvalue weighted by Crippen LogP contribution is 2.40. The number of amides is 2. The van der Waals surface area contributed by atoms with Crippen LogP contribution in [0.5, 0.6) is 5.75 Å². The van der Waals surface area contributed by atoms with Crippen molar-refractivity contribution < 1.29 is 23.9 Å². The number of methoxy groups -OCH3 is 1. The molecule has 2 aliphatic heterocycles. The number of β-lactam (4-membered cyclic amide) rings is 1. The number of nitrogens with zero attached hydrogens (tertiary/aromatic N) is 1. The first-order chi connectivity index (χ1) is 16.0. The van der Waals surface area contributed by atoms with Gasteiger partial charge in [0.25, 0.3) is 0 Å². The van der Waals surface area contributed by atoms with Crippen molar-refractivity contribution >= 4 is 41.1 Å². The van der Waals surface area contributed by atoms with Crippen molar-refractivity contribution in [2.75, 3.05) is 13.0 Å². The van der Waals surface area contributed by atoms with Gasteiger partial charge in [-0.1, -0.05) is 42.5 Å². The molecule has 0 bridgehead atoms. The summed E-state index contributed by atoms with van der Waals surface area (Å²) < 4.78 is 10.6. The zero-order valence-electron chi connectivity index (χ0n) is 17.9.